The summed E-state index contributed by atoms with van der Waals surface area (Å²) in [6.07, 6.45) is 5.31. The largest absolute Gasteiger partial charge is 0.334 e. The van der Waals surface area contributed by atoms with Gasteiger partial charge >= 0.3 is 5.69 Å². The summed E-state index contributed by atoms with van der Waals surface area (Å²) in [5.74, 6) is 0.0237. The molecule has 0 aliphatic carbocycles. The molecule has 0 bridgehead atoms. The first kappa shape index (κ1) is 17.3. The number of aryl methyl sites for hydroxylation is 2. The summed E-state index contributed by atoms with van der Waals surface area (Å²) >= 11 is 0. The first-order valence-electron chi connectivity index (χ1n) is 8.88. The van der Waals surface area contributed by atoms with Crippen LogP contribution < -0.4 is 11.2 Å². The number of nitrogens with one attached hydrogen (secondary N) is 1. The summed E-state index contributed by atoms with van der Waals surface area (Å²) in [6, 6.07) is 1.91. The van der Waals surface area contributed by atoms with Gasteiger partial charge in [-0.05, 0) is 18.9 Å². The minimum absolute atomic E-state index is 0.0215. The lowest BCUT2D eigenvalue weighted by Gasteiger charge is -2.23. The number of carbonyl (C=O) groups is 1. The van der Waals surface area contributed by atoms with Gasteiger partial charge in [0.15, 0.2) is 11.2 Å². The van der Waals surface area contributed by atoms with Crippen LogP contribution in [0.15, 0.2) is 28.2 Å². The second-order valence-corrected chi connectivity index (χ2v) is 6.82. The molecule has 1 aliphatic heterocycles. The molecule has 3 aromatic rings. The maximum Gasteiger partial charge on any atom is 0.332 e. The van der Waals surface area contributed by atoms with Crippen molar-refractivity contribution in [1.29, 1.82) is 0 Å². The van der Waals surface area contributed by atoms with Crippen molar-refractivity contribution in [3.8, 4) is 0 Å². The van der Waals surface area contributed by atoms with E-state index < -0.39 is 11.2 Å². The summed E-state index contributed by atoms with van der Waals surface area (Å²) < 4.78 is 4.04. The first-order valence-corrected chi connectivity index (χ1v) is 8.88. The molecular weight excluding hydrogens is 350 g/mol. The second kappa shape index (κ2) is 6.53. The predicted octanol–water partition coefficient (Wildman–Crippen LogP) is -0.0894. The van der Waals surface area contributed by atoms with Crippen LogP contribution in [-0.4, -0.2) is 46.2 Å². The molecular formula is C17H21N7O3. The van der Waals surface area contributed by atoms with Gasteiger partial charge in [0.25, 0.3) is 5.56 Å². The van der Waals surface area contributed by atoms with Gasteiger partial charge < -0.3 is 9.47 Å². The standard InChI is InChI=1S/C17H21N7O3/c1-21-15-14(16(26)22(2)17(21)27)23(10-18-15)9-6-13(25)24-8-3-4-12(24)11-5-7-19-20-11/h5,7,10,12H,3-4,6,8-9H2,1-2H3,(H,19,20). The van der Waals surface area contributed by atoms with Crippen LogP contribution in [0.1, 0.15) is 31.0 Å². The molecule has 27 heavy (non-hydrogen) atoms. The van der Waals surface area contributed by atoms with Gasteiger partial charge in [-0.3, -0.25) is 23.8 Å². The molecule has 0 spiro atoms. The molecule has 1 unspecified atom stereocenters. The number of likely N-dealkylation sites (tertiary alicyclic amines) is 1. The van der Waals surface area contributed by atoms with E-state index in [1.54, 1.807) is 17.8 Å². The number of hydrogen-bond acceptors (Lipinski definition) is 5. The number of fused-ring (bicyclic) bond motifs is 1. The molecule has 0 saturated carbocycles. The van der Waals surface area contributed by atoms with Crippen LogP contribution >= 0.6 is 0 Å². The van der Waals surface area contributed by atoms with Gasteiger partial charge in [-0.15, -0.1) is 0 Å². The molecule has 3 aromatic heterocycles. The molecule has 1 aliphatic rings. The third-order valence-electron chi connectivity index (χ3n) is 5.24. The molecule has 4 rings (SSSR count). The number of aromatic nitrogens is 6. The number of hydrogen-bond donors (Lipinski definition) is 1. The van der Waals surface area contributed by atoms with Crippen molar-refractivity contribution in [1.82, 2.24) is 33.8 Å². The fourth-order valence-corrected chi connectivity index (χ4v) is 3.77. The molecule has 1 atom stereocenters. The number of aromatic amines is 1. The van der Waals surface area contributed by atoms with Crippen LogP contribution in [0.2, 0.25) is 0 Å². The van der Waals surface area contributed by atoms with Crippen LogP contribution in [0, 0.1) is 0 Å². The number of nitrogens with zero attached hydrogens (tertiary/aromatic N) is 6. The number of H-pyrrole nitrogens is 1. The molecule has 0 radical (unpaired) electrons. The van der Waals surface area contributed by atoms with Crippen molar-refractivity contribution in [2.75, 3.05) is 6.54 Å². The fourth-order valence-electron chi connectivity index (χ4n) is 3.77. The van der Waals surface area contributed by atoms with Gasteiger partial charge in [0.2, 0.25) is 5.91 Å². The van der Waals surface area contributed by atoms with Crippen molar-refractivity contribution in [2.24, 2.45) is 14.1 Å². The topological polar surface area (TPSA) is 111 Å². The van der Waals surface area contributed by atoms with Crippen LogP contribution in [0.25, 0.3) is 11.2 Å². The highest BCUT2D eigenvalue weighted by atomic mass is 16.2. The number of amides is 1. The Morgan fingerprint density at radius 2 is 2.11 bits per heavy atom. The normalized spacial score (nSPS) is 17.1. The fraction of sp³-hybridized carbons (Fsp3) is 0.471. The molecule has 1 fully saturated rings. The SMILES string of the molecule is Cn1c(=O)c2c(ncn2CCC(=O)N2CCCC2c2ccn[nH]2)n(C)c1=O. The highest BCUT2D eigenvalue weighted by Crippen LogP contribution is 2.31. The second-order valence-electron chi connectivity index (χ2n) is 6.82. The zero-order valence-corrected chi connectivity index (χ0v) is 15.3. The van der Waals surface area contributed by atoms with E-state index in [1.165, 1.54) is 17.9 Å². The van der Waals surface area contributed by atoms with Gasteiger partial charge in [-0.25, -0.2) is 9.78 Å². The molecule has 10 nitrogen and oxygen atoms in total. The van der Waals surface area contributed by atoms with Crippen LogP contribution in [0.3, 0.4) is 0 Å². The maximum absolute atomic E-state index is 12.8. The molecule has 142 valence electrons. The Morgan fingerprint density at radius 1 is 1.30 bits per heavy atom. The Bertz CT molecular complexity index is 1110. The summed E-state index contributed by atoms with van der Waals surface area (Å²) in [4.78, 5) is 43.3. The zero-order chi connectivity index (χ0) is 19.1. The Kier molecular flexibility index (Phi) is 4.17. The van der Waals surface area contributed by atoms with E-state index >= 15 is 0 Å². The summed E-state index contributed by atoms with van der Waals surface area (Å²) in [5.41, 5.74) is 0.770. The Hall–Kier alpha value is -3.17. The molecule has 4 heterocycles. The molecule has 1 N–H and O–H groups in total. The summed E-state index contributed by atoms with van der Waals surface area (Å²) in [5, 5.41) is 6.92. The number of imidazole rings is 1. The van der Waals surface area contributed by atoms with E-state index in [0.717, 1.165) is 23.1 Å². The number of rotatable bonds is 4. The van der Waals surface area contributed by atoms with Gasteiger partial charge in [0.1, 0.15) is 0 Å². The van der Waals surface area contributed by atoms with Crippen molar-refractivity contribution in [3.63, 3.8) is 0 Å². The highest BCUT2D eigenvalue weighted by molar-refractivity contribution is 5.77. The van der Waals surface area contributed by atoms with Crippen molar-refractivity contribution in [2.45, 2.75) is 31.8 Å². The van der Waals surface area contributed by atoms with Crippen LogP contribution in [0.5, 0.6) is 0 Å². The monoisotopic (exact) mass is 371 g/mol. The van der Waals surface area contributed by atoms with Crippen molar-refractivity contribution < 1.29 is 4.79 Å². The lowest BCUT2D eigenvalue weighted by molar-refractivity contribution is -0.132. The number of carbonyl (C=O) groups excluding carboxylic acids is 1. The quantitative estimate of drug-likeness (QED) is 0.689. The van der Waals surface area contributed by atoms with E-state index in [0.29, 0.717) is 24.3 Å². The van der Waals surface area contributed by atoms with Gasteiger partial charge in [0.05, 0.1) is 18.1 Å². The summed E-state index contributed by atoms with van der Waals surface area (Å²) in [6.45, 7) is 1.04. The Labute approximate surface area is 154 Å². The smallest absolute Gasteiger partial charge is 0.332 e. The highest BCUT2D eigenvalue weighted by Gasteiger charge is 2.30. The third kappa shape index (κ3) is 2.77. The van der Waals surface area contributed by atoms with E-state index in [-0.39, 0.29) is 18.4 Å². The summed E-state index contributed by atoms with van der Waals surface area (Å²) in [7, 11) is 3.01. The van der Waals surface area contributed by atoms with E-state index in [1.807, 2.05) is 11.0 Å². The van der Waals surface area contributed by atoms with E-state index in [4.69, 9.17) is 0 Å². The van der Waals surface area contributed by atoms with Gasteiger partial charge in [0, 0.05) is 39.8 Å². The lowest BCUT2D eigenvalue weighted by atomic mass is 10.1. The minimum Gasteiger partial charge on any atom is -0.334 e. The van der Waals surface area contributed by atoms with Crippen LogP contribution in [-0.2, 0) is 25.4 Å². The van der Waals surface area contributed by atoms with Gasteiger partial charge in [-0.2, -0.15) is 5.10 Å². The van der Waals surface area contributed by atoms with Crippen molar-refractivity contribution in [3.05, 3.63) is 45.1 Å². The molecule has 1 saturated heterocycles. The van der Waals surface area contributed by atoms with Crippen LogP contribution in [0.4, 0.5) is 0 Å². The molecule has 0 aromatic carbocycles. The predicted molar refractivity (Wildman–Crippen MR) is 97.1 cm³/mol. The lowest BCUT2D eigenvalue weighted by Crippen LogP contribution is -2.37. The van der Waals surface area contributed by atoms with Crippen molar-refractivity contribution >= 4 is 17.1 Å². The first-order chi connectivity index (χ1) is 13.0. The van der Waals surface area contributed by atoms with E-state index in [2.05, 4.69) is 15.2 Å². The van der Waals surface area contributed by atoms with E-state index in [9.17, 15) is 14.4 Å². The Balaban J connectivity index is 1.56. The average molecular weight is 371 g/mol. The molecule has 1 amide bonds. The minimum atomic E-state index is -0.423. The average Bonchev–Trinajstić information content (AvgIpc) is 3.41. The maximum atomic E-state index is 12.8. The third-order valence-corrected chi connectivity index (χ3v) is 5.24. The zero-order valence-electron chi connectivity index (χ0n) is 15.3. The Morgan fingerprint density at radius 3 is 2.85 bits per heavy atom. The molecule has 10 heteroatoms. The van der Waals surface area contributed by atoms with Gasteiger partial charge in [-0.1, -0.05) is 0 Å².